The first kappa shape index (κ1) is 15.1. The van der Waals surface area contributed by atoms with E-state index in [1.165, 1.54) is 12.8 Å². The molecule has 0 bridgehead atoms. The Balaban J connectivity index is 0.00000133. The van der Waals surface area contributed by atoms with Gasteiger partial charge in [0.2, 0.25) is 5.91 Å². The average molecular weight is 289 g/mol. The number of ether oxygens (including phenoxy) is 1. The van der Waals surface area contributed by atoms with Crippen molar-refractivity contribution in [1.29, 1.82) is 0 Å². The van der Waals surface area contributed by atoms with E-state index in [0.29, 0.717) is 17.9 Å². The molecule has 0 spiro atoms. The van der Waals surface area contributed by atoms with Crippen LogP contribution in [0.1, 0.15) is 38.5 Å². The lowest BCUT2D eigenvalue weighted by molar-refractivity contribution is -0.136. The SMILES string of the molecule is Cl.NC1CCC(C(=O)N(CC2CCOC2)C2CC2)C1. The molecule has 1 heterocycles. The summed E-state index contributed by atoms with van der Waals surface area (Å²) in [6.07, 6.45) is 6.39. The van der Waals surface area contributed by atoms with Crippen molar-refractivity contribution < 1.29 is 9.53 Å². The van der Waals surface area contributed by atoms with Gasteiger partial charge in [-0.25, -0.2) is 0 Å². The fourth-order valence-electron chi connectivity index (χ4n) is 3.29. The Hall–Kier alpha value is -0.320. The van der Waals surface area contributed by atoms with Gasteiger partial charge in [0.05, 0.1) is 6.61 Å². The van der Waals surface area contributed by atoms with Crippen molar-refractivity contribution in [3.63, 3.8) is 0 Å². The van der Waals surface area contributed by atoms with Crippen LogP contribution < -0.4 is 5.73 Å². The van der Waals surface area contributed by atoms with Crippen LogP contribution in [0.15, 0.2) is 0 Å². The van der Waals surface area contributed by atoms with E-state index in [2.05, 4.69) is 4.90 Å². The van der Waals surface area contributed by atoms with Crippen molar-refractivity contribution in [3.8, 4) is 0 Å². The molecule has 2 N–H and O–H groups in total. The summed E-state index contributed by atoms with van der Waals surface area (Å²) in [7, 11) is 0. The summed E-state index contributed by atoms with van der Waals surface area (Å²) in [5.41, 5.74) is 5.93. The topological polar surface area (TPSA) is 55.6 Å². The van der Waals surface area contributed by atoms with Crippen LogP contribution in [0.4, 0.5) is 0 Å². The predicted octanol–water partition coefficient (Wildman–Crippen LogP) is 1.56. The minimum atomic E-state index is 0. The maximum atomic E-state index is 12.6. The molecule has 1 aliphatic heterocycles. The van der Waals surface area contributed by atoms with Crippen LogP contribution in [0.25, 0.3) is 0 Å². The summed E-state index contributed by atoms with van der Waals surface area (Å²) >= 11 is 0. The van der Waals surface area contributed by atoms with Crippen molar-refractivity contribution in [2.75, 3.05) is 19.8 Å². The highest BCUT2D eigenvalue weighted by atomic mass is 35.5. The van der Waals surface area contributed by atoms with Gasteiger partial charge in [0.25, 0.3) is 0 Å². The van der Waals surface area contributed by atoms with Crippen molar-refractivity contribution in [2.45, 2.75) is 50.6 Å². The summed E-state index contributed by atoms with van der Waals surface area (Å²) in [4.78, 5) is 14.7. The average Bonchev–Trinajstić information content (AvgIpc) is 2.88. The van der Waals surface area contributed by atoms with E-state index in [-0.39, 0.29) is 24.4 Å². The van der Waals surface area contributed by atoms with Gasteiger partial charge in [0.1, 0.15) is 0 Å². The molecule has 5 heteroatoms. The molecule has 4 nitrogen and oxygen atoms in total. The van der Waals surface area contributed by atoms with Gasteiger partial charge < -0.3 is 15.4 Å². The third-order valence-electron chi connectivity index (χ3n) is 4.57. The summed E-state index contributed by atoms with van der Waals surface area (Å²) in [6.45, 7) is 2.61. The minimum Gasteiger partial charge on any atom is -0.381 e. The number of halogens is 1. The van der Waals surface area contributed by atoms with Crippen LogP contribution >= 0.6 is 12.4 Å². The molecule has 2 aliphatic carbocycles. The van der Waals surface area contributed by atoms with E-state index < -0.39 is 0 Å². The van der Waals surface area contributed by atoms with Gasteiger partial charge >= 0.3 is 0 Å². The molecule has 3 aliphatic rings. The highest BCUT2D eigenvalue weighted by molar-refractivity contribution is 5.85. The number of nitrogens with two attached hydrogens (primary N) is 1. The fourth-order valence-corrected chi connectivity index (χ4v) is 3.29. The van der Waals surface area contributed by atoms with Gasteiger partial charge in [-0.15, -0.1) is 12.4 Å². The maximum Gasteiger partial charge on any atom is 0.226 e. The van der Waals surface area contributed by atoms with E-state index in [1.54, 1.807) is 0 Å². The third kappa shape index (κ3) is 3.61. The Morgan fingerprint density at radius 1 is 1.21 bits per heavy atom. The van der Waals surface area contributed by atoms with Gasteiger partial charge in [-0.05, 0) is 38.5 Å². The maximum absolute atomic E-state index is 12.6. The van der Waals surface area contributed by atoms with Gasteiger partial charge in [-0.3, -0.25) is 4.79 Å². The monoisotopic (exact) mass is 288 g/mol. The number of hydrogen-bond donors (Lipinski definition) is 1. The molecule has 3 atom stereocenters. The second-order valence-electron chi connectivity index (χ2n) is 6.22. The Kier molecular flexibility index (Phi) is 5.09. The molecular formula is C14H25ClN2O2. The minimum absolute atomic E-state index is 0. The van der Waals surface area contributed by atoms with Crippen molar-refractivity contribution in [1.82, 2.24) is 4.90 Å². The Morgan fingerprint density at radius 2 is 2.00 bits per heavy atom. The fraction of sp³-hybridized carbons (Fsp3) is 0.929. The quantitative estimate of drug-likeness (QED) is 0.854. The van der Waals surface area contributed by atoms with Crippen LogP contribution in [0, 0.1) is 11.8 Å². The molecule has 2 saturated carbocycles. The normalized spacial score (nSPS) is 34.1. The highest BCUT2D eigenvalue weighted by Gasteiger charge is 2.39. The number of carbonyl (C=O) groups excluding carboxylic acids is 1. The second-order valence-corrected chi connectivity index (χ2v) is 6.22. The van der Waals surface area contributed by atoms with Gasteiger partial charge in [0.15, 0.2) is 0 Å². The first-order valence-electron chi connectivity index (χ1n) is 7.38. The zero-order chi connectivity index (χ0) is 12.5. The van der Waals surface area contributed by atoms with Crippen LogP contribution in [0.2, 0.25) is 0 Å². The first-order chi connectivity index (χ1) is 8.74. The molecular weight excluding hydrogens is 264 g/mol. The van der Waals surface area contributed by atoms with Crippen molar-refractivity contribution >= 4 is 18.3 Å². The molecule has 3 rings (SSSR count). The lowest BCUT2D eigenvalue weighted by Gasteiger charge is -2.28. The Morgan fingerprint density at radius 3 is 2.53 bits per heavy atom. The number of nitrogens with zero attached hydrogens (tertiary/aromatic N) is 1. The number of carbonyl (C=O) groups is 1. The molecule has 0 aromatic heterocycles. The predicted molar refractivity (Wildman–Crippen MR) is 76.2 cm³/mol. The molecule has 3 unspecified atom stereocenters. The number of rotatable bonds is 4. The third-order valence-corrected chi connectivity index (χ3v) is 4.57. The summed E-state index contributed by atoms with van der Waals surface area (Å²) in [5.74, 6) is 1.13. The highest BCUT2D eigenvalue weighted by Crippen LogP contribution is 2.33. The first-order valence-corrected chi connectivity index (χ1v) is 7.38. The molecule has 0 radical (unpaired) electrons. The molecule has 19 heavy (non-hydrogen) atoms. The zero-order valence-electron chi connectivity index (χ0n) is 11.4. The summed E-state index contributed by atoms with van der Waals surface area (Å²) < 4.78 is 5.42. The Bertz CT molecular complexity index is 317. The molecule has 3 fully saturated rings. The van der Waals surface area contributed by atoms with Gasteiger partial charge in [-0.2, -0.15) is 0 Å². The van der Waals surface area contributed by atoms with Gasteiger partial charge in [-0.1, -0.05) is 0 Å². The van der Waals surface area contributed by atoms with Crippen molar-refractivity contribution in [3.05, 3.63) is 0 Å². The lowest BCUT2D eigenvalue weighted by Crippen LogP contribution is -2.41. The molecule has 0 aromatic rings. The van der Waals surface area contributed by atoms with E-state index in [1.807, 2.05) is 0 Å². The second kappa shape index (κ2) is 6.42. The van der Waals surface area contributed by atoms with Crippen LogP contribution in [-0.4, -0.2) is 42.6 Å². The molecule has 1 saturated heterocycles. The van der Waals surface area contributed by atoms with Crippen LogP contribution in [-0.2, 0) is 9.53 Å². The van der Waals surface area contributed by atoms with Crippen LogP contribution in [0.3, 0.4) is 0 Å². The lowest BCUT2D eigenvalue weighted by atomic mass is 10.0. The van der Waals surface area contributed by atoms with E-state index in [0.717, 1.165) is 45.4 Å². The Labute approximate surface area is 121 Å². The number of amides is 1. The van der Waals surface area contributed by atoms with Gasteiger partial charge in [0, 0.05) is 37.1 Å². The molecule has 0 aromatic carbocycles. The largest absolute Gasteiger partial charge is 0.381 e. The molecule has 110 valence electrons. The smallest absolute Gasteiger partial charge is 0.226 e. The van der Waals surface area contributed by atoms with Crippen LogP contribution in [0.5, 0.6) is 0 Å². The molecule has 1 amide bonds. The van der Waals surface area contributed by atoms with E-state index in [9.17, 15) is 4.79 Å². The van der Waals surface area contributed by atoms with E-state index in [4.69, 9.17) is 10.5 Å². The van der Waals surface area contributed by atoms with E-state index >= 15 is 0 Å². The summed E-state index contributed by atoms with van der Waals surface area (Å²) in [6, 6.07) is 0.768. The summed E-state index contributed by atoms with van der Waals surface area (Å²) in [5, 5.41) is 0. The zero-order valence-corrected chi connectivity index (χ0v) is 12.2. The number of hydrogen-bond acceptors (Lipinski definition) is 3. The van der Waals surface area contributed by atoms with Crippen molar-refractivity contribution in [2.24, 2.45) is 17.6 Å². The standard InChI is InChI=1S/C14H24N2O2.ClH/c15-12-2-1-11(7-12)14(17)16(13-3-4-13)8-10-5-6-18-9-10;/h10-13H,1-9,15H2;1H.